The monoisotopic (exact) mass is 550 g/mol. The fraction of sp³-hybridized carbons (Fsp3) is 0.172. The van der Waals surface area contributed by atoms with Crippen molar-refractivity contribution >= 4 is 51.6 Å². The highest BCUT2D eigenvalue weighted by Crippen LogP contribution is 2.43. The number of carbonyl (C=O) groups excluding carboxylic acids is 2. The van der Waals surface area contributed by atoms with Gasteiger partial charge in [0.1, 0.15) is 17.3 Å². The van der Waals surface area contributed by atoms with E-state index >= 15 is 0 Å². The minimum absolute atomic E-state index is 0.0481. The molecule has 0 aliphatic carbocycles. The van der Waals surface area contributed by atoms with E-state index in [1.807, 2.05) is 24.4 Å². The molecule has 4 aromatic rings. The topological polar surface area (TPSA) is 91.9 Å². The number of amides is 1. The van der Waals surface area contributed by atoms with Crippen molar-refractivity contribution in [3.63, 3.8) is 0 Å². The highest BCUT2D eigenvalue weighted by Gasteiger charge is 2.46. The molecule has 38 heavy (non-hydrogen) atoms. The minimum Gasteiger partial charge on any atom is -0.507 e. The summed E-state index contributed by atoms with van der Waals surface area (Å²) in [4.78, 5) is 31.4. The molecule has 2 N–H and O–H groups in total. The highest BCUT2D eigenvalue weighted by atomic mass is 35.5. The molecular formula is C29H24Cl2N2O5. The molecule has 194 valence electrons. The van der Waals surface area contributed by atoms with E-state index < -0.39 is 17.7 Å². The Morgan fingerprint density at radius 3 is 2.50 bits per heavy atom. The van der Waals surface area contributed by atoms with Crippen LogP contribution in [0.2, 0.25) is 10.0 Å². The van der Waals surface area contributed by atoms with Crippen LogP contribution in [0.3, 0.4) is 0 Å². The molecule has 1 atom stereocenters. The third-order valence-corrected chi connectivity index (χ3v) is 7.30. The summed E-state index contributed by atoms with van der Waals surface area (Å²) in [6.07, 6.45) is 2.32. The van der Waals surface area contributed by atoms with Crippen LogP contribution < -0.4 is 9.47 Å². The average molecular weight is 551 g/mol. The van der Waals surface area contributed by atoms with Crippen LogP contribution >= 0.6 is 23.2 Å². The molecule has 7 nitrogen and oxygen atoms in total. The van der Waals surface area contributed by atoms with E-state index in [0.717, 1.165) is 16.5 Å². The van der Waals surface area contributed by atoms with Crippen molar-refractivity contribution in [1.29, 1.82) is 0 Å². The number of Topliss-reactive ketones (excluding diaryl/α,β-unsaturated/α-hetero) is 1. The van der Waals surface area contributed by atoms with Gasteiger partial charge in [-0.2, -0.15) is 0 Å². The number of nitrogens with zero attached hydrogens (tertiary/aromatic N) is 1. The second-order valence-electron chi connectivity index (χ2n) is 8.87. The van der Waals surface area contributed by atoms with Gasteiger partial charge in [-0.05, 0) is 60.0 Å². The maximum atomic E-state index is 13.4. The molecule has 1 unspecified atom stereocenters. The number of H-pyrrole nitrogens is 1. The number of hydrogen-bond acceptors (Lipinski definition) is 5. The van der Waals surface area contributed by atoms with Gasteiger partial charge in [0.25, 0.3) is 11.7 Å². The Morgan fingerprint density at radius 2 is 1.76 bits per heavy atom. The molecule has 1 amide bonds. The van der Waals surface area contributed by atoms with Gasteiger partial charge in [-0.25, -0.2) is 0 Å². The molecule has 1 aliphatic heterocycles. The van der Waals surface area contributed by atoms with Crippen LogP contribution in [0.5, 0.6) is 11.5 Å². The Kier molecular flexibility index (Phi) is 7.06. The van der Waals surface area contributed by atoms with E-state index in [4.69, 9.17) is 32.7 Å². The molecule has 5 rings (SSSR count). The van der Waals surface area contributed by atoms with E-state index in [1.165, 1.54) is 12.0 Å². The van der Waals surface area contributed by atoms with Gasteiger partial charge in [0.15, 0.2) is 0 Å². The van der Waals surface area contributed by atoms with Gasteiger partial charge < -0.3 is 24.5 Å². The van der Waals surface area contributed by atoms with Gasteiger partial charge in [0.2, 0.25) is 0 Å². The number of rotatable bonds is 7. The molecule has 2 heterocycles. The van der Waals surface area contributed by atoms with Gasteiger partial charge in [-0.1, -0.05) is 41.4 Å². The molecule has 0 saturated carbocycles. The summed E-state index contributed by atoms with van der Waals surface area (Å²) >= 11 is 12.7. The second kappa shape index (κ2) is 10.4. The summed E-state index contributed by atoms with van der Waals surface area (Å²) < 4.78 is 10.6. The number of likely N-dealkylation sites (tertiary alicyclic amines) is 1. The number of aliphatic hydroxyl groups excluding tert-OH is 1. The molecule has 3 aromatic carbocycles. The van der Waals surface area contributed by atoms with Gasteiger partial charge in [0.05, 0.1) is 25.8 Å². The summed E-state index contributed by atoms with van der Waals surface area (Å²) in [5.74, 6) is -0.605. The zero-order valence-electron chi connectivity index (χ0n) is 20.6. The van der Waals surface area contributed by atoms with Crippen molar-refractivity contribution in [2.75, 3.05) is 20.8 Å². The number of carbonyl (C=O) groups is 2. The van der Waals surface area contributed by atoms with Crippen LogP contribution in [0.15, 0.2) is 72.4 Å². The lowest BCUT2D eigenvalue weighted by Crippen LogP contribution is -2.31. The van der Waals surface area contributed by atoms with Crippen molar-refractivity contribution in [3.8, 4) is 11.5 Å². The van der Waals surface area contributed by atoms with Crippen LogP contribution in [-0.4, -0.2) is 47.4 Å². The van der Waals surface area contributed by atoms with E-state index in [-0.39, 0.29) is 22.9 Å². The standard InChI is InChI=1S/C29H24Cl2N2O5/c1-37-19-5-3-4-16(12-19)27(34)25-26(21-8-6-18(30)13-23(21)31)33(29(36)28(25)35)11-10-17-15-32-24-9-7-20(38-2)14-22(17)24/h3-9,12-15,26,32,34H,10-11H2,1-2H3/b27-25-. The number of nitrogens with one attached hydrogen (secondary N) is 1. The van der Waals surface area contributed by atoms with Gasteiger partial charge in [-0.15, -0.1) is 0 Å². The van der Waals surface area contributed by atoms with Gasteiger partial charge in [0, 0.05) is 39.3 Å². The number of fused-ring (bicyclic) bond motifs is 1. The van der Waals surface area contributed by atoms with Gasteiger partial charge in [-0.3, -0.25) is 9.59 Å². The zero-order valence-corrected chi connectivity index (χ0v) is 22.1. The summed E-state index contributed by atoms with van der Waals surface area (Å²) in [5, 5.41) is 13.0. The third kappa shape index (κ3) is 4.59. The van der Waals surface area contributed by atoms with Crippen LogP contribution in [0, 0.1) is 0 Å². The van der Waals surface area contributed by atoms with Crippen molar-refractivity contribution in [1.82, 2.24) is 9.88 Å². The Labute approximate surface area is 229 Å². The Hall–Kier alpha value is -3.94. The quantitative estimate of drug-likeness (QED) is 0.163. The third-order valence-electron chi connectivity index (χ3n) is 6.74. The predicted molar refractivity (Wildman–Crippen MR) is 147 cm³/mol. The Bertz CT molecular complexity index is 1590. The molecule has 1 aliphatic rings. The smallest absolute Gasteiger partial charge is 0.295 e. The first-order valence-corrected chi connectivity index (χ1v) is 12.6. The van der Waals surface area contributed by atoms with Crippen LogP contribution in [0.1, 0.15) is 22.7 Å². The molecule has 1 fully saturated rings. The second-order valence-corrected chi connectivity index (χ2v) is 9.71. The molecule has 1 saturated heterocycles. The predicted octanol–water partition coefficient (Wildman–Crippen LogP) is 6.16. The van der Waals surface area contributed by atoms with Crippen LogP contribution in [0.25, 0.3) is 16.7 Å². The number of ketones is 1. The molecule has 9 heteroatoms. The van der Waals surface area contributed by atoms with Crippen molar-refractivity contribution < 1.29 is 24.2 Å². The van der Waals surface area contributed by atoms with Crippen LogP contribution in [0.4, 0.5) is 0 Å². The number of methoxy groups -OCH3 is 2. The van der Waals surface area contributed by atoms with Gasteiger partial charge >= 0.3 is 0 Å². The first kappa shape index (κ1) is 25.7. The lowest BCUT2D eigenvalue weighted by Gasteiger charge is -2.26. The Morgan fingerprint density at radius 1 is 1.00 bits per heavy atom. The molecule has 1 aromatic heterocycles. The van der Waals surface area contributed by atoms with E-state index in [1.54, 1.807) is 49.6 Å². The SMILES string of the molecule is COc1cccc(/C(O)=C2/C(=O)C(=O)N(CCc3c[nH]c4ccc(OC)cc34)C2c2ccc(Cl)cc2Cl)c1. The number of aromatic nitrogens is 1. The number of ether oxygens (including phenoxy) is 2. The van der Waals surface area contributed by atoms with E-state index in [9.17, 15) is 14.7 Å². The normalized spacial score (nSPS) is 16.8. The fourth-order valence-electron chi connectivity index (χ4n) is 4.82. The summed E-state index contributed by atoms with van der Waals surface area (Å²) in [6, 6.07) is 16.3. The lowest BCUT2D eigenvalue weighted by atomic mass is 9.95. The maximum Gasteiger partial charge on any atom is 0.295 e. The van der Waals surface area contributed by atoms with E-state index in [0.29, 0.717) is 34.1 Å². The van der Waals surface area contributed by atoms with Crippen LogP contribution in [-0.2, 0) is 16.0 Å². The fourth-order valence-corrected chi connectivity index (χ4v) is 5.33. The molecule has 0 bridgehead atoms. The minimum atomic E-state index is -0.911. The number of aliphatic hydroxyl groups is 1. The molecular weight excluding hydrogens is 527 g/mol. The first-order chi connectivity index (χ1) is 18.3. The van der Waals surface area contributed by atoms with E-state index in [2.05, 4.69) is 4.98 Å². The maximum absolute atomic E-state index is 13.4. The largest absolute Gasteiger partial charge is 0.507 e. The molecule has 0 spiro atoms. The number of halogens is 2. The average Bonchev–Trinajstić information content (AvgIpc) is 3.44. The lowest BCUT2D eigenvalue weighted by molar-refractivity contribution is -0.139. The zero-order chi connectivity index (χ0) is 27.0. The summed E-state index contributed by atoms with van der Waals surface area (Å²) in [7, 11) is 3.11. The highest BCUT2D eigenvalue weighted by molar-refractivity contribution is 6.47. The number of aromatic amines is 1. The Balaban J connectivity index is 1.59. The summed E-state index contributed by atoms with van der Waals surface area (Å²) in [5.41, 5.74) is 2.67. The number of benzene rings is 3. The number of hydrogen-bond donors (Lipinski definition) is 2. The summed E-state index contributed by atoms with van der Waals surface area (Å²) in [6.45, 7) is 0.202. The van der Waals surface area contributed by atoms with Crippen molar-refractivity contribution in [2.45, 2.75) is 12.5 Å². The van der Waals surface area contributed by atoms with Crippen molar-refractivity contribution in [2.24, 2.45) is 0 Å². The van der Waals surface area contributed by atoms with Crippen molar-refractivity contribution in [3.05, 3.63) is 99.2 Å². The first-order valence-electron chi connectivity index (χ1n) is 11.8. The molecule has 0 radical (unpaired) electrons.